The molecule has 0 aliphatic carbocycles. The van der Waals surface area contributed by atoms with Gasteiger partial charge in [0.1, 0.15) is 5.88 Å². The largest absolute Gasteiger partial charge is 0.479 e. The molecule has 3 aromatic heterocycles. The number of carboxylic acids is 1. The number of nitrogens with zero attached hydrogens (tertiary/aromatic N) is 4. The minimum Gasteiger partial charge on any atom is -0.479 e. The van der Waals surface area contributed by atoms with Gasteiger partial charge in [0.25, 0.3) is 10.0 Å². The fourth-order valence-electron chi connectivity index (χ4n) is 6.53. The van der Waals surface area contributed by atoms with Crippen LogP contribution in [0.5, 0.6) is 0 Å². The Bertz CT molecular complexity index is 2350. The van der Waals surface area contributed by atoms with Gasteiger partial charge in [0.05, 0.1) is 39.9 Å². The lowest BCUT2D eigenvalue weighted by Gasteiger charge is -2.30. The van der Waals surface area contributed by atoms with Crippen molar-refractivity contribution in [1.29, 1.82) is 0 Å². The number of carboxylic acid groups (broad SMARTS) is 1. The number of nitrogens with one attached hydrogen (secondary N) is 1. The van der Waals surface area contributed by atoms with Gasteiger partial charge in [-0.1, -0.05) is 35.9 Å². The van der Waals surface area contributed by atoms with Crippen molar-refractivity contribution in [3.63, 3.8) is 0 Å². The van der Waals surface area contributed by atoms with Crippen molar-refractivity contribution in [2.75, 3.05) is 4.72 Å². The normalized spacial score (nSPS) is 14.8. The van der Waals surface area contributed by atoms with Gasteiger partial charge < -0.3 is 14.4 Å². The lowest BCUT2D eigenvalue weighted by Crippen LogP contribution is -2.29. The molecular weight excluding hydrogens is 614 g/mol. The molecule has 2 N–H and O–H groups in total. The first kappa shape index (κ1) is 30.6. The van der Waals surface area contributed by atoms with E-state index in [1.165, 1.54) is 0 Å². The van der Waals surface area contributed by atoms with Crippen molar-refractivity contribution in [1.82, 2.24) is 19.3 Å². The fourth-order valence-corrected chi connectivity index (χ4v) is 7.76. The first-order chi connectivity index (χ1) is 22.2. The second-order valence-electron chi connectivity index (χ2n) is 13.1. The summed E-state index contributed by atoms with van der Waals surface area (Å²) in [5, 5.41) is 16.6. The van der Waals surface area contributed by atoms with Crippen molar-refractivity contribution >= 4 is 43.5 Å². The molecule has 4 heterocycles. The molecule has 1 atom stereocenters. The summed E-state index contributed by atoms with van der Waals surface area (Å²) in [4.78, 5) is 17.6. The molecule has 0 radical (unpaired) electrons. The number of aromatic nitrogens is 4. The molecule has 10 nitrogen and oxygen atoms in total. The molecule has 0 saturated carbocycles. The molecule has 0 amide bonds. The number of carbonyl (C=O) groups is 1. The van der Waals surface area contributed by atoms with Gasteiger partial charge in [-0.25, -0.2) is 13.2 Å². The number of aryl methyl sites for hydroxylation is 2. The van der Waals surface area contributed by atoms with Crippen LogP contribution in [0, 0.1) is 13.8 Å². The van der Waals surface area contributed by atoms with Crippen LogP contribution in [0.3, 0.4) is 0 Å². The second kappa shape index (κ2) is 10.8. The molecule has 0 bridgehead atoms. The van der Waals surface area contributed by atoms with Gasteiger partial charge in [0.15, 0.2) is 6.10 Å². The molecule has 11 heteroatoms. The van der Waals surface area contributed by atoms with E-state index < -0.39 is 27.7 Å². The highest BCUT2D eigenvalue weighted by atomic mass is 32.2. The summed E-state index contributed by atoms with van der Waals surface area (Å²) < 4.78 is 39.4. The monoisotopic (exact) mass is 649 g/mol. The number of aliphatic carboxylic acids is 1. The Morgan fingerprint density at radius 2 is 1.72 bits per heavy atom. The van der Waals surface area contributed by atoms with Crippen molar-refractivity contribution in [2.24, 2.45) is 7.05 Å². The Hall–Kier alpha value is -5.00. The average Bonchev–Trinajstić information content (AvgIpc) is 3.57. The molecule has 0 saturated heterocycles. The van der Waals surface area contributed by atoms with Crippen LogP contribution in [-0.2, 0) is 32.5 Å². The Labute approximate surface area is 272 Å². The first-order valence-electron chi connectivity index (χ1n) is 15.3. The zero-order chi connectivity index (χ0) is 33.4. The molecule has 0 spiro atoms. The predicted octanol–water partition coefficient (Wildman–Crippen LogP) is 7.19. The third-order valence-electron chi connectivity index (χ3n) is 8.60. The van der Waals surface area contributed by atoms with E-state index in [-0.39, 0.29) is 5.88 Å². The van der Waals surface area contributed by atoms with E-state index in [0.717, 1.165) is 44.2 Å². The predicted molar refractivity (Wildman–Crippen MR) is 184 cm³/mol. The number of anilines is 1. The third-order valence-corrected chi connectivity index (χ3v) is 9.72. The highest BCUT2D eigenvalue weighted by Gasteiger charge is 2.37. The van der Waals surface area contributed by atoms with Gasteiger partial charge >= 0.3 is 5.97 Å². The standard InChI is InChI=1S/C36H35N5O5S/c1-20-7-9-22(10-8-20)31-26-17-29(24-13-14-37-27(16-24)23-11-12-28-25(15-23)18-38-40(28)6)41-19-47(44,45)39-32(33(26)41)21(2)30(31)34(35(42)43)46-36(3,4)5/h7-18,34,39H,19H2,1-6H3,(H,42,43)/t34-/m0/s1. The molecule has 3 aromatic carbocycles. The van der Waals surface area contributed by atoms with Crippen molar-refractivity contribution < 1.29 is 23.1 Å². The van der Waals surface area contributed by atoms with Crippen LogP contribution >= 0.6 is 0 Å². The molecule has 1 aliphatic heterocycles. The molecule has 47 heavy (non-hydrogen) atoms. The fraction of sp³-hybridized carbons (Fsp3) is 0.250. The number of pyridine rings is 1. The topological polar surface area (TPSA) is 128 Å². The Morgan fingerprint density at radius 3 is 2.43 bits per heavy atom. The summed E-state index contributed by atoms with van der Waals surface area (Å²) in [6.07, 6.45) is 2.17. The Morgan fingerprint density at radius 1 is 1.00 bits per heavy atom. The van der Waals surface area contributed by atoms with Gasteiger partial charge in [0.2, 0.25) is 0 Å². The first-order valence-corrected chi connectivity index (χ1v) is 16.9. The molecule has 240 valence electrons. The van der Waals surface area contributed by atoms with Crippen LogP contribution in [0.25, 0.3) is 55.4 Å². The maximum atomic E-state index is 13.4. The summed E-state index contributed by atoms with van der Waals surface area (Å²) in [5.74, 6) is -1.46. The maximum Gasteiger partial charge on any atom is 0.337 e. The molecule has 7 rings (SSSR count). The van der Waals surface area contributed by atoms with Gasteiger partial charge in [0, 0.05) is 40.7 Å². The van der Waals surface area contributed by atoms with Crippen LogP contribution in [0.15, 0.2) is 73.1 Å². The number of sulfonamides is 1. The van der Waals surface area contributed by atoms with E-state index in [0.29, 0.717) is 33.6 Å². The zero-order valence-electron chi connectivity index (χ0n) is 27.0. The van der Waals surface area contributed by atoms with Crippen LogP contribution in [0.4, 0.5) is 5.69 Å². The van der Waals surface area contributed by atoms with Crippen molar-refractivity contribution in [3.05, 3.63) is 89.7 Å². The molecule has 1 aliphatic rings. The number of fused-ring (bicyclic) bond motifs is 1. The molecule has 6 aromatic rings. The van der Waals surface area contributed by atoms with Crippen LogP contribution < -0.4 is 4.72 Å². The summed E-state index contributed by atoms with van der Waals surface area (Å²) in [7, 11) is -1.94. The van der Waals surface area contributed by atoms with E-state index in [4.69, 9.17) is 4.74 Å². The minimum absolute atomic E-state index is 0.300. The number of benzene rings is 3. The van der Waals surface area contributed by atoms with E-state index in [2.05, 4.69) is 14.8 Å². The highest BCUT2D eigenvalue weighted by molar-refractivity contribution is 7.91. The summed E-state index contributed by atoms with van der Waals surface area (Å²) in [6, 6.07) is 19.7. The quantitative estimate of drug-likeness (QED) is 0.195. The lowest BCUT2D eigenvalue weighted by atomic mass is 9.87. The van der Waals surface area contributed by atoms with Crippen LogP contribution in [-0.4, -0.2) is 44.4 Å². The van der Waals surface area contributed by atoms with E-state index in [9.17, 15) is 18.3 Å². The zero-order valence-corrected chi connectivity index (χ0v) is 27.8. The van der Waals surface area contributed by atoms with Crippen LogP contribution in [0.1, 0.15) is 43.6 Å². The number of hydrogen-bond donors (Lipinski definition) is 2. The Balaban J connectivity index is 1.53. The molecule has 0 fully saturated rings. The number of hydrogen-bond acceptors (Lipinski definition) is 6. The van der Waals surface area contributed by atoms with Crippen LogP contribution in [0.2, 0.25) is 0 Å². The van der Waals surface area contributed by atoms with Gasteiger partial charge in [-0.2, -0.15) is 5.10 Å². The lowest BCUT2D eigenvalue weighted by molar-refractivity contribution is -0.160. The maximum absolute atomic E-state index is 13.4. The summed E-state index contributed by atoms with van der Waals surface area (Å²) in [6.45, 7) is 9.16. The molecule has 0 unspecified atom stereocenters. The average molecular weight is 650 g/mol. The van der Waals surface area contributed by atoms with Gasteiger partial charge in [-0.3, -0.25) is 14.4 Å². The number of ether oxygens (including phenoxy) is 1. The Kier molecular flexibility index (Phi) is 7.03. The smallest absolute Gasteiger partial charge is 0.337 e. The van der Waals surface area contributed by atoms with E-state index >= 15 is 0 Å². The van der Waals surface area contributed by atoms with Crippen molar-refractivity contribution in [3.8, 4) is 33.6 Å². The summed E-state index contributed by atoms with van der Waals surface area (Å²) >= 11 is 0. The van der Waals surface area contributed by atoms with E-state index in [1.54, 1.807) is 38.5 Å². The SMILES string of the molecule is Cc1ccc(-c2c([C@H](OC(C)(C)C)C(=O)O)c(C)c3c4c2cc(-c2ccnc(-c5ccc6c(cnn6C)c5)c2)n4CS(=O)(=O)N3)cc1. The van der Waals surface area contributed by atoms with Gasteiger partial charge in [-0.15, -0.1) is 0 Å². The van der Waals surface area contributed by atoms with Crippen molar-refractivity contribution in [2.45, 2.75) is 52.2 Å². The highest BCUT2D eigenvalue weighted by Crippen LogP contribution is 2.48. The van der Waals surface area contributed by atoms with Gasteiger partial charge in [-0.05, 0) is 81.6 Å². The third kappa shape index (κ3) is 5.35. The molecular formula is C36H35N5O5S. The second-order valence-corrected chi connectivity index (χ2v) is 14.8. The van der Waals surface area contributed by atoms with E-state index in [1.807, 2.05) is 85.5 Å². The summed E-state index contributed by atoms with van der Waals surface area (Å²) in [5.41, 5.74) is 7.77. The number of rotatable bonds is 6. The minimum atomic E-state index is -3.83.